The molecule has 5 aliphatic rings. The number of aliphatic carboxylic acids is 1. The molecule has 4 heteroatoms. The fraction of sp³-hybridized carbons (Fsp3) is 0.889. The van der Waals surface area contributed by atoms with Gasteiger partial charge < -0.3 is 9.84 Å². The molecule has 122 valence electrons. The van der Waals surface area contributed by atoms with E-state index in [1.165, 1.54) is 19.3 Å². The van der Waals surface area contributed by atoms with E-state index in [9.17, 15) is 9.59 Å². The number of carboxylic acid groups (broad SMARTS) is 1. The predicted molar refractivity (Wildman–Crippen MR) is 79.9 cm³/mol. The van der Waals surface area contributed by atoms with Crippen LogP contribution in [0.1, 0.15) is 52.4 Å². The molecule has 0 radical (unpaired) electrons. The summed E-state index contributed by atoms with van der Waals surface area (Å²) in [7, 11) is 0. The van der Waals surface area contributed by atoms with Gasteiger partial charge in [-0.25, -0.2) is 0 Å². The number of ether oxygens (including phenoxy) is 1. The first-order valence-electron chi connectivity index (χ1n) is 8.83. The standard InChI is InChI=1S/C18H26O4/c1-9(2)14(6-15(19)20)22-17(21)18-7-10-3-11-5-12(8-18)13(4-10)16(11)18/h9-14,16H,3-8H2,1-2H3,(H,19,20). The zero-order valence-corrected chi connectivity index (χ0v) is 13.5. The molecule has 5 rings (SSSR count). The highest BCUT2D eigenvalue weighted by Crippen LogP contribution is 2.74. The zero-order chi connectivity index (χ0) is 15.6. The molecule has 0 aliphatic heterocycles. The van der Waals surface area contributed by atoms with Crippen LogP contribution in [-0.2, 0) is 14.3 Å². The van der Waals surface area contributed by atoms with Crippen LogP contribution in [0.3, 0.4) is 0 Å². The molecule has 0 aromatic carbocycles. The van der Waals surface area contributed by atoms with Crippen molar-refractivity contribution in [2.75, 3.05) is 0 Å². The quantitative estimate of drug-likeness (QED) is 0.793. The van der Waals surface area contributed by atoms with E-state index in [0.29, 0.717) is 11.8 Å². The Bertz CT molecular complexity index is 507. The maximum Gasteiger partial charge on any atom is 0.312 e. The molecule has 0 spiro atoms. The van der Waals surface area contributed by atoms with Crippen LogP contribution < -0.4 is 0 Å². The van der Waals surface area contributed by atoms with E-state index in [-0.39, 0.29) is 23.7 Å². The molecule has 0 aromatic rings. The van der Waals surface area contributed by atoms with E-state index in [1.54, 1.807) is 0 Å². The third-order valence-electron chi connectivity index (χ3n) is 7.12. The molecule has 0 amide bonds. The molecule has 5 saturated carbocycles. The highest BCUT2D eigenvalue weighted by Gasteiger charge is 2.70. The van der Waals surface area contributed by atoms with Crippen molar-refractivity contribution >= 4 is 11.9 Å². The Morgan fingerprint density at radius 2 is 1.95 bits per heavy atom. The largest absolute Gasteiger partial charge is 0.481 e. The van der Waals surface area contributed by atoms with Crippen molar-refractivity contribution in [1.29, 1.82) is 0 Å². The Labute approximate surface area is 131 Å². The van der Waals surface area contributed by atoms with Gasteiger partial charge in [0.25, 0.3) is 0 Å². The van der Waals surface area contributed by atoms with Gasteiger partial charge in [0.2, 0.25) is 0 Å². The van der Waals surface area contributed by atoms with Crippen LogP contribution in [0.2, 0.25) is 0 Å². The first kappa shape index (κ1) is 14.5. The highest BCUT2D eigenvalue weighted by atomic mass is 16.5. The highest BCUT2D eigenvalue weighted by molar-refractivity contribution is 5.79. The summed E-state index contributed by atoms with van der Waals surface area (Å²) in [5.74, 6) is 2.55. The molecule has 4 nitrogen and oxygen atoms in total. The molecular weight excluding hydrogens is 280 g/mol. The fourth-order valence-electron chi connectivity index (χ4n) is 6.59. The SMILES string of the molecule is CC(C)C(CC(=O)O)OC(=O)C12CC3CC4CC(C1)C(C3)C42. The first-order valence-corrected chi connectivity index (χ1v) is 8.83. The van der Waals surface area contributed by atoms with Gasteiger partial charge in [0.05, 0.1) is 11.8 Å². The molecule has 7 atom stereocenters. The smallest absolute Gasteiger partial charge is 0.312 e. The van der Waals surface area contributed by atoms with Crippen molar-refractivity contribution in [1.82, 2.24) is 0 Å². The Balaban J connectivity index is 1.55. The summed E-state index contributed by atoms with van der Waals surface area (Å²) >= 11 is 0. The van der Waals surface area contributed by atoms with Gasteiger partial charge in [-0.1, -0.05) is 13.8 Å². The summed E-state index contributed by atoms with van der Waals surface area (Å²) in [5, 5.41) is 9.05. The number of carbonyl (C=O) groups excluding carboxylic acids is 1. The molecule has 0 heterocycles. The van der Waals surface area contributed by atoms with Gasteiger partial charge in [0, 0.05) is 0 Å². The minimum atomic E-state index is -0.888. The lowest BCUT2D eigenvalue weighted by Gasteiger charge is -2.51. The third kappa shape index (κ3) is 1.88. The van der Waals surface area contributed by atoms with Crippen molar-refractivity contribution in [3.05, 3.63) is 0 Å². The van der Waals surface area contributed by atoms with E-state index >= 15 is 0 Å². The summed E-state index contributed by atoms with van der Waals surface area (Å²) in [6.07, 6.45) is 5.39. The Morgan fingerprint density at radius 1 is 1.18 bits per heavy atom. The molecule has 7 unspecified atom stereocenters. The van der Waals surface area contributed by atoms with E-state index in [4.69, 9.17) is 9.84 Å². The summed E-state index contributed by atoms with van der Waals surface area (Å²) in [6, 6.07) is 0. The Hall–Kier alpha value is -1.06. The first-order chi connectivity index (χ1) is 10.4. The lowest BCUT2D eigenvalue weighted by atomic mass is 9.53. The van der Waals surface area contributed by atoms with Crippen molar-refractivity contribution in [3.8, 4) is 0 Å². The van der Waals surface area contributed by atoms with Crippen molar-refractivity contribution in [3.63, 3.8) is 0 Å². The molecular formula is C18H26O4. The number of esters is 1. The maximum absolute atomic E-state index is 13.0. The van der Waals surface area contributed by atoms with Crippen LogP contribution in [-0.4, -0.2) is 23.1 Å². The van der Waals surface area contributed by atoms with E-state index in [0.717, 1.165) is 30.6 Å². The van der Waals surface area contributed by atoms with Gasteiger partial charge in [0.1, 0.15) is 6.10 Å². The Kier molecular flexibility index (Phi) is 3.11. The zero-order valence-electron chi connectivity index (χ0n) is 13.5. The minimum absolute atomic E-state index is 0.0453. The third-order valence-corrected chi connectivity index (χ3v) is 7.12. The van der Waals surface area contributed by atoms with Crippen molar-refractivity contribution in [2.24, 2.45) is 40.9 Å². The summed E-state index contributed by atoms with van der Waals surface area (Å²) in [6.45, 7) is 3.86. The molecule has 5 aliphatic carbocycles. The number of hydrogen-bond acceptors (Lipinski definition) is 3. The number of hydrogen-bond donors (Lipinski definition) is 1. The van der Waals surface area contributed by atoms with E-state index in [1.807, 2.05) is 13.8 Å². The second kappa shape index (κ2) is 4.72. The predicted octanol–water partition coefficient (Wildman–Crippen LogP) is 3.10. The van der Waals surface area contributed by atoms with Crippen LogP contribution in [0.25, 0.3) is 0 Å². The molecule has 5 fully saturated rings. The van der Waals surface area contributed by atoms with Gasteiger partial charge in [0.15, 0.2) is 0 Å². The fourth-order valence-corrected chi connectivity index (χ4v) is 6.59. The van der Waals surface area contributed by atoms with Crippen molar-refractivity contribution < 1.29 is 19.4 Å². The normalized spacial score (nSPS) is 45.5. The second-order valence-corrected chi connectivity index (χ2v) is 8.63. The van der Waals surface area contributed by atoms with Gasteiger partial charge in [-0.3, -0.25) is 9.59 Å². The minimum Gasteiger partial charge on any atom is -0.481 e. The summed E-state index contributed by atoms with van der Waals surface area (Å²) < 4.78 is 5.78. The van der Waals surface area contributed by atoms with Gasteiger partial charge >= 0.3 is 11.9 Å². The number of rotatable bonds is 5. The lowest BCUT2D eigenvalue weighted by Crippen LogP contribution is -2.51. The number of carboxylic acids is 1. The summed E-state index contributed by atoms with van der Waals surface area (Å²) in [5.41, 5.74) is -0.259. The maximum atomic E-state index is 13.0. The van der Waals surface area contributed by atoms with Crippen LogP contribution in [0.15, 0.2) is 0 Å². The average Bonchev–Trinajstić information content (AvgIpc) is 2.82. The molecule has 6 bridgehead atoms. The van der Waals surface area contributed by atoms with Gasteiger partial charge in [-0.15, -0.1) is 0 Å². The molecule has 22 heavy (non-hydrogen) atoms. The van der Waals surface area contributed by atoms with E-state index < -0.39 is 12.1 Å². The second-order valence-electron chi connectivity index (χ2n) is 8.63. The van der Waals surface area contributed by atoms with Crippen LogP contribution in [0.4, 0.5) is 0 Å². The van der Waals surface area contributed by atoms with Crippen LogP contribution in [0.5, 0.6) is 0 Å². The van der Waals surface area contributed by atoms with E-state index in [2.05, 4.69) is 0 Å². The van der Waals surface area contributed by atoms with Crippen LogP contribution >= 0.6 is 0 Å². The van der Waals surface area contributed by atoms with Gasteiger partial charge in [-0.05, 0) is 67.6 Å². The molecule has 0 saturated heterocycles. The lowest BCUT2D eigenvalue weighted by molar-refractivity contribution is -0.179. The molecule has 1 N–H and O–H groups in total. The Morgan fingerprint density at radius 3 is 2.59 bits per heavy atom. The molecule has 0 aromatic heterocycles. The van der Waals surface area contributed by atoms with Crippen molar-refractivity contribution in [2.45, 2.75) is 58.5 Å². The monoisotopic (exact) mass is 306 g/mol. The number of carbonyl (C=O) groups is 2. The van der Waals surface area contributed by atoms with Gasteiger partial charge in [-0.2, -0.15) is 0 Å². The average molecular weight is 306 g/mol. The summed E-state index contributed by atoms with van der Waals surface area (Å²) in [4.78, 5) is 24.0. The topological polar surface area (TPSA) is 63.6 Å². The van der Waals surface area contributed by atoms with Crippen LogP contribution in [0, 0.1) is 40.9 Å².